The van der Waals surface area contributed by atoms with Crippen LogP contribution in [-0.4, -0.2) is 42.7 Å². The summed E-state index contributed by atoms with van der Waals surface area (Å²) in [5.74, 6) is 0.243. The van der Waals surface area contributed by atoms with Crippen LogP contribution in [0.5, 0.6) is 0 Å². The van der Waals surface area contributed by atoms with Crippen LogP contribution in [0.1, 0.15) is 57.8 Å². The van der Waals surface area contributed by atoms with E-state index >= 15 is 0 Å². The standard InChI is InChI=1S/C23H32N4O4S/c1-27(32(30,31)18-6-3-2-5-17(18)24)23(7-4-8-23)20(29)26-22-12-15-9-16(13-22)11-21(10-15,14-22)19(25)28/h2-3,5-6,15-16H,4,7-14,24H2,1H3,(H2,25,28)(H,26,29). The Balaban J connectivity index is 1.44. The molecule has 4 bridgehead atoms. The van der Waals surface area contributed by atoms with Crippen LogP contribution in [0.25, 0.3) is 0 Å². The molecule has 0 heterocycles. The highest BCUT2D eigenvalue weighted by atomic mass is 32.2. The number of carbonyl (C=O) groups excluding carboxylic acids is 2. The SMILES string of the molecule is CN(C1(C(=O)NC23CC4CC(C2)CC(C(N)=O)(C4)C3)CCC1)S(=O)(=O)c1ccccc1N. The van der Waals surface area contributed by atoms with Crippen LogP contribution in [-0.2, 0) is 19.6 Å². The Hall–Kier alpha value is -2.13. The molecule has 32 heavy (non-hydrogen) atoms. The molecular weight excluding hydrogens is 428 g/mol. The van der Waals surface area contributed by atoms with Crippen molar-refractivity contribution in [2.75, 3.05) is 12.8 Å². The first kappa shape index (κ1) is 21.7. The molecule has 8 nitrogen and oxygen atoms in total. The number of primary amides is 1. The molecule has 1 aromatic carbocycles. The minimum Gasteiger partial charge on any atom is -0.398 e. The first-order chi connectivity index (χ1) is 15.0. The van der Waals surface area contributed by atoms with Gasteiger partial charge in [0.2, 0.25) is 21.8 Å². The van der Waals surface area contributed by atoms with Gasteiger partial charge in [-0.25, -0.2) is 8.42 Å². The van der Waals surface area contributed by atoms with E-state index in [4.69, 9.17) is 11.5 Å². The van der Waals surface area contributed by atoms with E-state index in [2.05, 4.69) is 5.32 Å². The molecule has 2 amide bonds. The molecule has 0 radical (unpaired) electrons. The lowest BCUT2D eigenvalue weighted by atomic mass is 9.46. The van der Waals surface area contributed by atoms with Crippen molar-refractivity contribution in [1.29, 1.82) is 0 Å². The Morgan fingerprint density at radius 2 is 1.72 bits per heavy atom. The summed E-state index contributed by atoms with van der Waals surface area (Å²) in [4.78, 5) is 26.1. The zero-order valence-electron chi connectivity index (χ0n) is 18.5. The molecule has 5 aliphatic carbocycles. The number of nitrogens with two attached hydrogens (primary N) is 2. The number of nitrogens with zero attached hydrogens (tertiary/aromatic N) is 1. The summed E-state index contributed by atoms with van der Waals surface area (Å²) < 4.78 is 28.0. The molecule has 2 unspecified atom stereocenters. The van der Waals surface area contributed by atoms with Gasteiger partial charge >= 0.3 is 0 Å². The van der Waals surface area contributed by atoms with Crippen molar-refractivity contribution in [2.45, 2.75) is 73.8 Å². The van der Waals surface area contributed by atoms with Crippen LogP contribution in [0.15, 0.2) is 29.2 Å². The zero-order valence-corrected chi connectivity index (χ0v) is 19.3. The fourth-order valence-corrected chi connectivity index (χ4v) is 8.98. The van der Waals surface area contributed by atoms with Crippen molar-refractivity contribution in [2.24, 2.45) is 23.0 Å². The summed E-state index contributed by atoms with van der Waals surface area (Å²) in [6.07, 6.45) is 6.64. The van der Waals surface area contributed by atoms with Crippen LogP contribution in [0.2, 0.25) is 0 Å². The Bertz CT molecular complexity index is 1070. The van der Waals surface area contributed by atoms with Crippen LogP contribution in [0, 0.1) is 17.3 Å². The lowest BCUT2D eigenvalue weighted by molar-refractivity contribution is -0.154. The smallest absolute Gasteiger partial charge is 0.245 e. The third-order valence-electron chi connectivity index (χ3n) is 8.73. The fourth-order valence-electron chi connectivity index (χ4n) is 7.34. The van der Waals surface area contributed by atoms with E-state index in [1.54, 1.807) is 18.2 Å². The van der Waals surface area contributed by atoms with Gasteiger partial charge in [-0.1, -0.05) is 12.1 Å². The minimum atomic E-state index is -3.95. The number of rotatable bonds is 6. The second-order valence-corrected chi connectivity index (χ2v) is 12.7. The number of sulfonamides is 1. The molecular formula is C23H32N4O4S. The van der Waals surface area contributed by atoms with E-state index < -0.39 is 26.5 Å². The van der Waals surface area contributed by atoms with Crippen molar-refractivity contribution in [3.8, 4) is 0 Å². The van der Waals surface area contributed by atoms with Gasteiger partial charge in [0.25, 0.3) is 0 Å². The average Bonchev–Trinajstić information content (AvgIpc) is 2.65. The zero-order chi connectivity index (χ0) is 22.9. The van der Waals surface area contributed by atoms with E-state index in [1.165, 1.54) is 17.4 Å². The van der Waals surface area contributed by atoms with Crippen molar-refractivity contribution in [1.82, 2.24) is 9.62 Å². The average molecular weight is 461 g/mol. The second kappa shape index (κ2) is 6.93. The molecule has 5 fully saturated rings. The third kappa shape index (κ3) is 3.00. The number of anilines is 1. The quantitative estimate of drug-likeness (QED) is 0.556. The number of carbonyl (C=O) groups is 2. The summed E-state index contributed by atoms with van der Waals surface area (Å²) in [6, 6.07) is 6.33. The van der Waals surface area contributed by atoms with Crippen molar-refractivity contribution in [3.05, 3.63) is 24.3 Å². The predicted molar refractivity (Wildman–Crippen MR) is 120 cm³/mol. The number of hydrogen-bond donors (Lipinski definition) is 3. The maximum absolute atomic E-state index is 13.7. The Labute approximate surface area is 189 Å². The molecule has 174 valence electrons. The maximum atomic E-state index is 13.7. The molecule has 0 aromatic heterocycles. The summed E-state index contributed by atoms with van der Waals surface area (Å²) >= 11 is 0. The van der Waals surface area contributed by atoms with Gasteiger partial charge < -0.3 is 16.8 Å². The molecule has 0 spiro atoms. The Kier molecular flexibility index (Phi) is 4.70. The van der Waals surface area contributed by atoms with Crippen LogP contribution in [0.3, 0.4) is 0 Å². The van der Waals surface area contributed by atoms with Gasteiger partial charge in [-0.05, 0) is 81.8 Å². The number of amides is 2. The number of para-hydroxylation sites is 1. The largest absolute Gasteiger partial charge is 0.398 e. The van der Waals surface area contributed by atoms with Gasteiger partial charge in [0, 0.05) is 12.6 Å². The monoisotopic (exact) mass is 460 g/mol. The molecule has 2 atom stereocenters. The van der Waals surface area contributed by atoms with E-state index in [0.717, 1.165) is 38.5 Å². The highest BCUT2D eigenvalue weighted by Gasteiger charge is 2.62. The molecule has 6 rings (SSSR count). The highest BCUT2D eigenvalue weighted by molar-refractivity contribution is 7.89. The Morgan fingerprint density at radius 1 is 1.09 bits per heavy atom. The molecule has 1 aromatic rings. The Morgan fingerprint density at radius 3 is 2.25 bits per heavy atom. The summed E-state index contributed by atoms with van der Waals surface area (Å²) in [7, 11) is -2.47. The lowest BCUT2D eigenvalue weighted by Gasteiger charge is -2.61. The van der Waals surface area contributed by atoms with Gasteiger partial charge in [0.15, 0.2) is 0 Å². The molecule has 5 aliphatic rings. The lowest BCUT2D eigenvalue weighted by Crippen LogP contribution is -2.71. The van der Waals surface area contributed by atoms with E-state index in [-0.39, 0.29) is 22.4 Å². The molecule has 9 heteroatoms. The fraction of sp³-hybridized carbons (Fsp3) is 0.652. The van der Waals surface area contributed by atoms with Gasteiger partial charge in [-0.3, -0.25) is 9.59 Å². The van der Waals surface area contributed by atoms with Gasteiger partial charge in [-0.15, -0.1) is 0 Å². The molecule has 0 aliphatic heterocycles. The van der Waals surface area contributed by atoms with Gasteiger partial charge in [-0.2, -0.15) is 4.31 Å². The number of likely N-dealkylation sites (N-methyl/N-ethyl adjacent to an activating group) is 1. The van der Waals surface area contributed by atoms with Crippen molar-refractivity contribution in [3.63, 3.8) is 0 Å². The second-order valence-electron chi connectivity index (χ2n) is 10.7. The first-order valence-corrected chi connectivity index (χ1v) is 12.9. The molecule has 5 N–H and O–H groups in total. The first-order valence-electron chi connectivity index (χ1n) is 11.5. The third-order valence-corrected chi connectivity index (χ3v) is 10.7. The van der Waals surface area contributed by atoms with E-state index in [9.17, 15) is 18.0 Å². The molecule has 5 saturated carbocycles. The van der Waals surface area contributed by atoms with Crippen molar-refractivity contribution >= 4 is 27.5 Å². The number of nitrogens with one attached hydrogen (secondary N) is 1. The normalized spacial score (nSPS) is 34.8. The van der Waals surface area contributed by atoms with Crippen LogP contribution >= 0.6 is 0 Å². The number of hydrogen-bond acceptors (Lipinski definition) is 5. The number of benzene rings is 1. The highest BCUT2D eigenvalue weighted by Crippen LogP contribution is 2.61. The number of nitrogen functional groups attached to an aromatic ring is 1. The topological polar surface area (TPSA) is 136 Å². The maximum Gasteiger partial charge on any atom is 0.245 e. The van der Waals surface area contributed by atoms with Crippen LogP contribution in [0.4, 0.5) is 5.69 Å². The van der Waals surface area contributed by atoms with Gasteiger partial charge in [0.05, 0.1) is 11.1 Å². The minimum absolute atomic E-state index is 0.0176. The van der Waals surface area contributed by atoms with Crippen LogP contribution < -0.4 is 16.8 Å². The van der Waals surface area contributed by atoms with Crippen molar-refractivity contribution < 1.29 is 18.0 Å². The summed E-state index contributed by atoms with van der Waals surface area (Å²) in [6.45, 7) is 0. The van der Waals surface area contributed by atoms with E-state index in [1.807, 2.05) is 0 Å². The van der Waals surface area contributed by atoms with E-state index in [0.29, 0.717) is 31.1 Å². The van der Waals surface area contributed by atoms with Gasteiger partial charge in [0.1, 0.15) is 10.4 Å². The predicted octanol–water partition coefficient (Wildman–Crippen LogP) is 1.75. The summed E-state index contributed by atoms with van der Waals surface area (Å²) in [5, 5.41) is 3.28. The summed E-state index contributed by atoms with van der Waals surface area (Å²) in [5.41, 5.74) is 9.80. The molecule has 0 saturated heterocycles.